The Labute approximate surface area is 99.2 Å². The molecule has 0 aromatic heterocycles. The Balaban J connectivity index is 1.98. The van der Waals surface area contributed by atoms with Gasteiger partial charge in [-0.25, -0.2) is 0 Å². The maximum Gasteiger partial charge on any atom is 0.214 e. The van der Waals surface area contributed by atoms with Crippen molar-refractivity contribution < 1.29 is 8.42 Å². The molecule has 16 heavy (non-hydrogen) atoms. The fourth-order valence-electron chi connectivity index (χ4n) is 2.91. The second-order valence-electron chi connectivity index (χ2n) is 5.00. The van der Waals surface area contributed by atoms with Crippen LogP contribution in [0.15, 0.2) is 0 Å². The molecule has 2 saturated carbocycles. The van der Waals surface area contributed by atoms with Crippen LogP contribution < -0.4 is 5.32 Å². The second-order valence-corrected chi connectivity index (χ2v) is 5.99. The molecule has 1 atom stereocenters. The van der Waals surface area contributed by atoms with Crippen molar-refractivity contribution in [3.05, 3.63) is 0 Å². The molecule has 2 fully saturated rings. The number of nitrogens with one attached hydrogen (secondary N) is 1. The van der Waals surface area contributed by atoms with Gasteiger partial charge in [-0.15, -0.1) is 0 Å². The topological polar surface area (TPSA) is 46.2 Å². The summed E-state index contributed by atoms with van der Waals surface area (Å²) in [7, 11) is -1.98. The minimum atomic E-state index is -1.98. The van der Waals surface area contributed by atoms with Crippen molar-refractivity contribution >= 4 is 15.2 Å². The number of hydrogen-bond acceptors (Lipinski definition) is 3. The van der Waals surface area contributed by atoms with Crippen LogP contribution in [-0.4, -0.2) is 25.4 Å². The van der Waals surface area contributed by atoms with E-state index >= 15 is 0 Å². The van der Waals surface area contributed by atoms with Gasteiger partial charge in [0.25, 0.3) is 0 Å². The zero-order valence-corrected chi connectivity index (χ0v) is 10.6. The molecule has 0 bridgehead atoms. The predicted octanol–water partition coefficient (Wildman–Crippen LogP) is 1.90. The van der Waals surface area contributed by atoms with Gasteiger partial charge >= 0.3 is 0 Å². The van der Waals surface area contributed by atoms with Crippen LogP contribution in [0, 0.1) is 0 Å². The van der Waals surface area contributed by atoms with Crippen molar-refractivity contribution in [1.82, 2.24) is 5.32 Å². The van der Waals surface area contributed by atoms with Crippen LogP contribution in [0.4, 0.5) is 0 Å². The maximum absolute atomic E-state index is 11.1. The highest BCUT2D eigenvalue weighted by atomic mass is 32.2. The SMILES string of the molecule is O=S(=O)=C1CCCCC1NC1CCCCC1. The van der Waals surface area contributed by atoms with E-state index in [2.05, 4.69) is 5.32 Å². The van der Waals surface area contributed by atoms with Gasteiger partial charge in [-0.3, -0.25) is 0 Å². The third kappa shape index (κ3) is 3.08. The van der Waals surface area contributed by atoms with Crippen molar-refractivity contribution in [2.24, 2.45) is 0 Å². The molecule has 3 nitrogen and oxygen atoms in total. The minimum Gasteiger partial charge on any atom is -0.307 e. The molecule has 2 rings (SSSR count). The van der Waals surface area contributed by atoms with Crippen LogP contribution in [0.2, 0.25) is 0 Å². The van der Waals surface area contributed by atoms with Gasteiger partial charge in [-0.2, -0.15) is 8.42 Å². The first-order valence-electron chi connectivity index (χ1n) is 6.48. The summed E-state index contributed by atoms with van der Waals surface area (Å²) in [6, 6.07) is 0.686. The normalized spacial score (nSPS) is 28.0. The molecule has 1 N–H and O–H groups in total. The summed E-state index contributed by atoms with van der Waals surface area (Å²) >= 11 is 0. The molecule has 4 heteroatoms. The maximum atomic E-state index is 11.1. The Kier molecular flexibility index (Phi) is 4.41. The third-order valence-electron chi connectivity index (χ3n) is 3.81. The smallest absolute Gasteiger partial charge is 0.214 e. The molecule has 92 valence electrons. The standard InChI is InChI=1S/C12H21NO2S/c14-16(15)12-9-5-4-8-11(12)13-10-6-2-1-3-7-10/h10-11,13H,1-9H2. The van der Waals surface area contributed by atoms with Gasteiger partial charge in [-0.1, -0.05) is 25.7 Å². The first kappa shape index (κ1) is 12.1. The fourth-order valence-corrected chi connectivity index (χ4v) is 3.64. The molecule has 1 unspecified atom stereocenters. The molecule has 0 aliphatic heterocycles. The summed E-state index contributed by atoms with van der Waals surface area (Å²) in [5, 5.41) is 3.56. The Bertz CT molecular complexity index is 347. The summed E-state index contributed by atoms with van der Waals surface area (Å²) in [5.74, 6) is 0. The van der Waals surface area contributed by atoms with E-state index in [1.807, 2.05) is 0 Å². The molecule has 0 heterocycles. The third-order valence-corrected chi connectivity index (χ3v) is 4.73. The molecule has 0 spiro atoms. The van der Waals surface area contributed by atoms with E-state index in [1.165, 1.54) is 32.1 Å². The lowest BCUT2D eigenvalue weighted by Gasteiger charge is -2.30. The van der Waals surface area contributed by atoms with E-state index in [-0.39, 0.29) is 6.04 Å². The van der Waals surface area contributed by atoms with E-state index in [4.69, 9.17) is 0 Å². The quantitative estimate of drug-likeness (QED) is 0.754. The molecular formula is C12H21NO2S. The summed E-state index contributed by atoms with van der Waals surface area (Å²) in [6.07, 6.45) is 10.3. The zero-order valence-electron chi connectivity index (χ0n) is 9.74. The van der Waals surface area contributed by atoms with Crippen LogP contribution in [0.1, 0.15) is 57.8 Å². The average Bonchev–Trinajstić information content (AvgIpc) is 2.31. The van der Waals surface area contributed by atoms with Crippen LogP contribution in [-0.2, 0) is 10.3 Å². The summed E-state index contributed by atoms with van der Waals surface area (Å²) in [4.78, 5) is 0.719. The highest BCUT2D eigenvalue weighted by Gasteiger charge is 2.24. The van der Waals surface area contributed by atoms with Crippen molar-refractivity contribution in [1.29, 1.82) is 0 Å². The van der Waals surface area contributed by atoms with E-state index < -0.39 is 10.3 Å². The van der Waals surface area contributed by atoms with Gasteiger partial charge in [0.1, 0.15) is 0 Å². The number of hydrogen-bond donors (Lipinski definition) is 1. The minimum absolute atomic E-state index is 0.134. The monoisotopic (exact) mass is 243 g/mol. The molecule has 2 aliphatic rings. The fraction of sp³-hybridized carbons (Fsp3) is 0.917. The Morgan fingerprint density at radius 3 is 2.31 bits per heavy atom. The number of rotatable bonds is 2. The van der Waals surface area contributed by atoms with Gasteiger partial charge < -0.3 is 5.32 Å². The lowest BCUT2D eigenvalue weighted by Crippen LogP contribution is -2.45. The van der Waals surface area contributed by atoms with Gasteiger partial charge in [-0.05, 0) is 32.1 Å². The molecule has 0 radical (unpaired) electrons. The van der Waals surface area contributed by atoms with E-state index in [0.29, 0.717) is 6.04 Å². The van der Waals surface area contributed by atoms with Crippen LogP contribution in [0.25, 0.3) is 0 Å². The zero-order chi connectivity index (χ0) is 11.4. The Hall–Kier alpha value is -0.350. The molecule has 0 saturated heterocycles. The summed E-state index contributed by atoms with van der Waals surface area (Å²) in [5.41, 5.74) is 0. The first-order valence-corrected chi connectivity index (χ1v) is 7.56. The van der Waals surface area contributed by atoms with Gasteiger partial charge in [0.05, 0.1) is 4.86 Å². The van der Waals surface area contributed by atoms with Gasteiger partial charge in [0.15, 0.2) is 0 Å². The molecule has 0 amide bonds. The molecule has 2 aliphatic carbocycles. The molecular weight excluding hydrogens is 222 g/mol. The lowest BCUT2D eigenvalue weighted by molar-refractivity contribution is 0.347. The van der Waals surface area contributed by atoms with E-state index in [9.17, 15) is 8.42 Å². The predicted molar refractivity (Wildman–Crippen MR) is 66.2 cm³/mol. The lowest BCUT2D eigenvalue weighted by atomic mass is 9.91. The second kappa shape index (κ2) is 5.82. The molecule has 0 aromatic carbocycles. The van der Waals surface area contributed by atoms with Crippen LogP contribution >= 0.6 is 0 Å². The van der Waals surface area contributed by atoms with Crippen molar-refractivity contribution in [2.75, 3.05) is 0 Å². The van der Waals surface area contributed by atoms with Crippen LogP contribution in [0.5, 0.6) is 0 Å². The highest BCUT2D eigenvalue weighted by Crippen LogP contribution is 2.21. The van der Waals surface area contributed by atoms with Crippen molar-refractivity contribution in [2.45, 2.75) is 69.9 Å². The molecule has 0 aromatic rings. The van der Waals surface area contributed by atoms with E-state index in [0.717, 1.165) is 30.5 Å². The van der Waals surface area contributed by atoms with Gasteiger partial charge in [0, 0.05) is 12.1 Å². The average molecular weight is 243 g/mol. The van der Waals surface area contributed by atoms with E-state index in [1.54, 1.807) is 0 Å². The van der Waals surface area contributed by atoms with Crippen molar-refractivity contribution in [3.63, 3.8) is 0 Å². The van der Waals surface area contributed by atoms with Crippen LogP contribution in [0.3, 0.4) is 0 Å². The Morgan fingerprint density at radius 2 is 1.62 bits per heavy atom. The summed E-state index contributed by atoms with van der Waals surface area (Å²) in [6.45, 7) is 0. The largest absolute Gasteiger partial charge is 0.307 e. The Morgan fingerprint density at radius 1 is 0.938 bits per heavy atom. The highest BCUT2D eigenvalue weighted by molar-refractivity contribution is 7.73. The first-order chi connectivity index (χ1) is 7.77. The van der Waals surface area contributed by atoms with Gasteiger partial charge in [0.2, 0.25) is 10.3 Å². The summed E-state index contributed by atoms with van der Waals surface area (Å²) < 4.78 is 22.3. The van der Waals surface area contributed by atoms with Crippen molar-refractivity contribution in [3.8, 4) is 0 Å².